The lowest BCUT2D eigenvalue weighted by Crippen LogP contribution is -2.12. The van der Waals surface area contributed by atoms with Crippen LogP contribution in [0.1, 0.15) is 63.4 Å². The van der Waals surface area contributed by atoms with Gasteiger partial charge in [-0.1, -0.05) is 57.2 Å². The summed E-state index contributed by atoms with van der Waals surface area (Å²) in [7, 11) is 0. The quantitative estimate of drug-likeness (QED) is 0.537. The van der Waals surface area contributed by atoms with Crippen LogP contribution in [0.5, 0.6) is 0 Å². The lowest BCUT2D eigenvalue weighted by Gasteiger charge is -2.10. The molecular weight excluding hydrogens is 262 g/mol. The van der Waals surface area contributed by atoms with Gasteiger partial charge in [0.25, 0.3) is 0 Å². The van der Waals surface area contributed by atoms with Crippen LogP contribution in [0, 0.1) is 0 Å². The number of fused-ring (bicyclic) bond motifs is 1. The largest absolute Gasteiger partial charge is 0.466 e. The number of nitrogens with one attached hydrogen (secondary N) is 1. The second-order valence-electron chi connectivity index (χ2n) is 5.86. The summed E-state index contributed by atoms with van der Waals surface area (Å²) in [6.07, 6.45) is 7.79. The predicted molar refractivity (Wildman–Crippen MR) is 86.6 cm³/mol. The molecule has 116 valence electrons. The van der Waals surface area contributed by atoms with Crippen molar-refractivity contribution in [3.8, 4) is 0 Å². The fourth-order valence-corrected chi connectivity index (χ4v) is 2.87. The SMILES string of the molecule is CCCCCCCCOC(=O)CC1CNc2ccccc21. The number of para-hydroxylation sites is 1. The molecule has 1 N–H and O–H groups in total. The molecule has 1 aliphatic rings. The summed E-state index contributed by atoms with van der Waals surface area (Å²) < 4.78 is 5.36. The van der Waals surface area contributed by atoms with Gasteiger partial charge in [-0.05, 0) is 18.1 Å². The average Bonchev–Trinajstić information content (AvgIpc) is 2.90. The molecule has 2 rings (SSSR count). The number of carbonyl (C=O) groups is 1. The summed E-state index contributed by atoms with van der Waals surface area (Å²) in [5.74, 6) is 0.199. The third kappa shape index (κ3) is 5.07. The summed E-state index contributed by atoms with van der Waals surface area (Å²) in [6, 6.07) is 8.21. The van der Waals surface area contributed by atoms with Gasteiger partial charge < -0.3 is 10.1 Å². The van der Waals surface area contributed by atoms with E-state index in [0.29, 0.717) is 13.0 Å². The Morgan fingerprint density at radius 3 is 2.81 bits per heavy atom. The van der Waals surface area contributed by atoms with Crippen LogP contribution >= 0.6 is 0 Å². The second kappa shape index (κ2) is 8.71. The van der Waals surface area contributed by atoms with Crippen molar-refractivity contribution in [1.82, 2.24) is 0 Å². The summed E-state index contributed by atoms with van der Waals surface area (Å²) in [5.41, 5.74) is 2.40. The molecule has 0 aliphatic carbocycles. The molecule has 0 amide bonds. The highest BCUT2D eigenvalue weighted by molar-refractivity contribution is 5.72. The Kier molecular flexibility index (Phi) is 6.58. The first-order chi connectivity index (χ1) is 10.3. The fraction of sp³-hybridized carbons (Fsp3) is 0.611. The van der Waals surface area contributed by atoms with Gasteiger partial charge in [-0.25, -0.2) is 0 Å². The summed E-state index contributed by atoms with van der Waals surface area (Å²) in [4.78, 5) is 11.9. The van der Waals surface area contributed by atoms with Crippen LogP contribution in [-0.4, -0.2) is 19.1 Å². The Morgan fingerprint density at radius 2 is 1.95 bits per heavy atom. The zero-order chi connectivity index (χ0) is 14.9. The first-order valence-corrected chi connectivity index (χ1v) is 8.29. The van der Waals surface area contributed by atoms with Crippen molar-refractivity contribution in [1.29, 1.82) is 0 Å². The Hall–Kier alpha value is -1.51. The molecule has 3 nitrogen and oxygen atoms in total. The number of rotatable bonds is 9. The molecule has 0 saturated heterocycles. The molecular formula is C18H27NO2. The molecule has 21 heavy (non-hydrogen) atoms. The normalized spacial score (nSPS) is 16.3. The average molecular weight is 289 g/mol. The van der Waals surface area contributed by atoms with Crippen molar-refractivity contribution < 1.29 is 9.53 Å². The lowest BCUT2D eigenvalue weighted by molar-refractivity contribution is -0.144. The van der Waals surface area contributed by atoms with E-state index >= 15 is 0 Å². The molecule has 0 aromatic heterocycles. The highest BCUT2D eigenvalue weighted by Crippen LogP contribution is 2.33. The lowest BCUT2D eigenvalue weighted by atomic mass is 9.98. The van der Waals surface area contributed by atoms with E-state index in [1.807, 2.05) is 12.1 Å². The maximum atomic E-state index is 11.9. The Morgan fingerprint density at radius 1 is 1.19 bits per heavy atom. The van der Waals surface area contributed by atoms with Crippen molar-refractivity contribution in [3.63, 3.8) is 0 Å². The molecule has 0 saturated carbocycles. The number of hydrogen-bond donors (Lipinski definition) is 1. The predicted octanol–water partition coefficient (Wildman–Crippen LogP) is 4.49. The Labute approximate surface area is 128 Å². The Balaban J connectivity index is 1.60. The molecule has 0 radical (unpaired) electrons. The van der Waals surface area contributed by atoms with E-state index in [2.05, 4.69) is 24.4 Å². The highest BCUT2D eigenvalue weighted by Gasteiger charge is 2.24. The van der Waals surface area contributed by atoms with Crippen LogP contribution in [-0.2, 0) is 9.53 Å². The number of esters is 1. The standard InChI is InChI=1S/C18H27NO2/c1-2-3-4-5-6-9-12-21-18(20)13-15-14-19-17-11-8-7-10-16(15)17/h7-8,10-11,15,19H,2-6,9,12-14H2,1H3. The van der Waals surface area contributed by atoms with Crippen LogP contribution in [0.2, 0.25) is 0 Å². The highest BCUT2D eigenvalue weighted by atomic mass is 16.5. The van der Waals surface area contributed by atoms with Crippen molar-refractivity contribution >= 4 is 11.7 Å². The van der Waals surface area contributed by atoms with Crippen LogP contribution < -0.4 is 5.32 Å². The zero-order valence-electron chi connectivity index (χ0n) is 13.1. The van der Waals surface area contributed by atoms with Gasteiger partial charge in [-0.15, -0.1) is 0 Å². The Bertz CT molecular complexity index is 445. The van der Waals surface area contributed by atoms with Gasteiger partial charge in [0.05, 0.1) is 13.0 Å². The van der Waals surface area contributed by atoms with Crippen LogP contribution in [0.4, 0.5) is 5.69 Å². The number of anilines is 1. The van der Waals surface area contributed by atoms with Gasteiger partial charge in [-0.2, -0.15) is 0 Å². The summed E-state index contributed by atoms with van der Waals surface area (Å²) >= 11 is 0. The maximum Gasteiger partial charge on any atom is 0.306 e. The zero-order valence-corrected chi connectivity index (χ0v) is 13.1. The van der Waals surface area contributed by atoms with Gasteiger partial charge in [0.15, 0.2) is 0 Å². The number of hydrogen-bond acceptors (Lipinski definition) is 3. The number of carbonyl (C=O) groups excluding carboxylic acids is 1. The molecule has 0 bridgehead atoms. The van der Waals surface area contributed by atoms with Crippen molar-refractivity contribution in [2.24, 2.45) is 0 Å². The molecule has 1 aliphatic heterocycles. The minimum absolute atomic E-state index is 0.0629. The van der Waals surface area contributed by atoms with E-state index in [1.54, 1.807) is 0 Å². The first kappa shape index (κ1) is 15.9. The van der Waals surface area contributed by atoms with E-state index in [9.17, 15) is 4.79 Å². The summed E-state index contributed by atoms with van der Waals surface area (Å²) in [6.45, 7) is 3.63. The first-order valence-electron chi connectivity index (χ1n) is 8.29. The van der Waals surface area contributed by atoms with Gasteiger partial charge in [0, 0.05) is 18.2 Å². The van der Waals surface area contributed by atoms with E-state index in [4.69, 9.17) is 4.74 Å². The third-order valence-electron chi connectivity index (χ3n) is 4.11. The van der Waals surface area contributed by atoms with E-state index < -0.39 is 0 Å². The number of unbranched alkanes of at least 4 members (excludes halogenated alkanes) is 5. The molecule has 0 fully saturated rings. The molecule has 1 heterocycles. The van der Waals surface area contributed by atoms with Gasteiger partial charge in [-0.3, -0.25) is 4.79 Å². The fourth-order valence-electron chi connectivity index (χ4n) is 2.87. The van der Waals surface area contributed by atoms with E-state index in [1.165, 1.54) is 37.7 Å². The van der Waals surface area contributed by atoms with Crippen LogP contribution in [0.15, 0.2) is 24.3 Å². The van der Waals surface area contributed by atoms with E-state index in [0.717, 1.165) is 18.7 Å². The minimum Gasteiger partial charge on any atom is -0.466 e. The topological polar surface area (TPSA) is 38.3 Å². The smallest absolute Gasteiger partial charge is 0.306 e. The third-order valence-corrected chi connectivity index (χ3v) is 4.11. The van der Waals surface area contributed by atoms with E-state index in [-0.39, 0.29) is 11.9 Å². The number of ether oxygens (including phenoxy) is 1. The van der Waals surface area contributed by atoms with Crippen molar-refractivity contribution in [3.05, 3.63) is 29.8 Å². The minimum atomic E-state index is -0.0629. The van der Waals surface area contributed by atoms with Crippen LogP contribution in [0.25, 0.3) is 0 Å². The van der Waals surface area contributed by atoms with Crippen molar-refractivity contribution in [2.45, 2.75) is 57.8 Å². The molecule has 0 spiro atoms. The second-order valence-corrected chi connectivity index (χ2v) is 5.86. The molecule has 1 unspecified atom stereocenters. The van der Waals surface area contributed by atoms with Gasteiger partial charge in [0.1, 0.15) is 0 Å². The van der Waals surface area contributed by atoms with Crippen LogP contribution in [0.3, 0.4) is 0 Å². The molecule has 1 aromatic carbocycles. The number of benzene rings is 1. The summed E-state index contributed by atoms with van der Waals surface area (Å²) in [5, 5.41) is 3.34. The molecule has 1 atom stereocenters. The molecule has 3 heteroatoms. The van der Waals surface area contributed by atoms with Crippen molar-refractivity contribution in [2.75, 3.05) is 18.5 Å². The maximum absolute atomic E-state index is 11.9. The van der Waals surface area contributed by atoms with Gasteiger partial charge in [0.2, 0.25) is 0 Å². The van der Waals surface area contributed by atoms with Gasteiger partial charge >= 0.3 is 5.97 Å². The monoisotopic (exact) mass is 289 g/mol. The molecule has 1 aromatic rings.